The summed E-state index contributed by atoms with van der Waals surface area (Å²) < 4.78 is 61.2. The highest BCUT2D eigenvalue weighted by atomic mass is 19.4. The van der Waals surface area contributed by atoms with Gasteiger partial charge in [0.1, 0.15) is 17.7 Å². The Kier molecular flexibility index (Phi) is 7.60. The zero-order valence-corrected chi connectivity index (χ0v) is 21.8. The summed E-state index contributed by atoms with van der Waals surface area (Å²) >= 11 is 0. The summed E-state index contributed by atoms with van der Waals surface area (Å²) in [6.45, 7) is 4.16. The Morgan fingerprint density at radius 2 is 1.85 bits per heavy atom. The van der Waals surface area contributed by atoms with Crippen molar-refractivity contribution in [3.05, 3.63) is 71.4 Å². The largest absolute Gasteiger partial charge is 0.416 e. The number of nitrogen functional groups attached to an aromatic ring is 1. The molecule has 1 aliphatic heterocycles. The summed E-state index contributed by atoms with van der Waals surface area (Å²) in [5.74, 6) is -1.04. The Morgan fingerprint density at radius 1 is 1.10 bits per heavy atom. The van der Waals surface area contributed by atoms with Crippen molar-refractivity contribution < 1.29 is 31.9 Å². The molecule has 0 unspecified atom stereocenters. The second kappa shape index (κ2) is 11.1. The molecular weight excluding hydrogens is 546 g/mol. The zero-order valence-electron chi connectivity index (χ0n) is 21.8. The molecule has 0 bridgehead atoms. The van der Waals surface area contributed by atoms with Gasteiger partial charge in [-0.1, -0.05) is 12.1 Å². The first kappa shape index (κ1) is 28.0. The van der Waals surface area contributed by atoms with Crippen molar-refractivity contribution in [1.29, 1.82) is 0 Å². The van der Waals surface area contributed by atoms with E-state index in [4.69, 9.17) is 10.5 Å². The monoisotopic (exact) mass is 571 g/mol. The molecule has 2 aromatic heterocycles. The fraction of sp³-hybridized carbons (Fsp3) is 0.259. The number of alkyl halides is 3. The van der Waals surface area contributed by atoms with Gasteiger partial charge in [-0.2, -0.15) is 18.3 Å². The minimum Gasteiger partial charge on any atom is -0.382 e. The van der Waals surface area contributed by atoms with Gasteiger partial charge in [0.2, 0.25) is 0 Å². The highest BCUT2D eigenvalue weighted by molar-refractivity contribution is 6.08. The van der Waals surface area contributed by atoms with Gasteiger partial charge in [-0.15, -0.1) is 0 Å². The summed E-state index contributed by atoms with van der Waals surface area (Å²) in [7, 11) is 0. The molecule has 1 aliphatic rings. The van der Waals surface area contributed by atoms with Gasteiger partial charge in [0.25, 0.3) is 0 Å². The molecule has 4 aromatic rings. The molecule has 14 heteroatoms. The number of carbonyl (C=O) groups excluding carboxylic acids is 2. The Hall–Kier alpha value is -4.56. The number of amides is 2. The Bertz CT molecular complexity index is 1630. The van der Waals surface area contributed by atoms with Crippen LogP contribution in [0.2, 0.25) is 0 Å². The molecule has 1 saturated heterocycles. The van der Waals surface area contributed by atoms with Gasteiger partial charge in [-0.25, -0.2) is 18.7 Å². The van der Waals surface area contributed by atoms with E-state index >= 15 is 4.39 Å². The molecule has 4 N–H and O–H groups in total. The van der Waals surface area contributed by atoms with Crippen molar-refractivity contribution >= 4 is 34.5 Å². The third-order valence-corrected chi connectivity index (χ3v) is 6.63. The number of carbonyl (C=O) groups is 2. The molecule has 0 atom stereocenters. The molecule has 0 spiro atoms. The van der Waals surface area contributed by atoms with Gasteiger partial charge < -0.3 is 21.1 Å². The smallest absolute Gasteiger partial charge is 0.382 e. The minimum absolute atomic E-state index is 0.0915. The van der Waals surface area contributed by atoms with Gasteiger partial charge in [0.05, 0.1) is 35.7 Å². The first-order valence-electron chi connectivity index (χ1n) is 12.5. The van der Waals surface area contributed by atoms with E-state index in [2.05, 4.69) is 25.6 Å². The fourth-order valence-electron chi connectivity index (χ4n) is 4.78. The Morgan fingerprint density at radius 3 is 2.54 bits per heavy atom. The maximum Gasteiger partial charge on any atom is 0.416 e. The van der Waals surface area contributed by atoms with E-state index in [1.807, 2.05) is 0 Å². The number of nitrogens with one attached hydrogen (secondary N) is 2. The van der Waals surface area contributed by atoms with Crippen molar-refractivity contribution in [2.75, 3.05) is 42.7 Å². The van der Waals surface area contributed by atoms with Crippen LogP contribution in [-0.4, -0.2) is 57.6 Å². The van der Waals surface area contributed by atoms with E-state index in [0.717, 1.165) is 24.3 Å². The van der Waals surface area contributed by atoms with E-state index in [-0.39, 0.29) is 23.0 Å². The standard InChI is InChI=1S/C27H25F4N7O3/c1-15(39)22-21(13-37-7-9-41-10-8-37)38-24(25(32)33-14-34-38)23(22)16-5-6-20(19(28)11-16)36-26(40)35-18-4-2-3-17(12-18)27(29,30)31/h2-6,11-12,14H,7-10,13H2,1H3,(H2,32,33,34)(H2,35,36,40). The molecule has 2 amide bonds. The number of halogens is 4. The molecule has 0 radical (unpaired) electrons. The fourth-order valence-corrected chi connectivity index (χ4v) is 4.78. The summed E-state index contributed by atoms with van der Waals surface area (Å²) in [4.78, 5) is 31.6. The van der Waals surface area contributed by atoms with Crippen LogP contribution in [0.3, 0.4) is 0 Å². The van der Waals surface area contributed by atoms with Gasteiger partial charge >= 0.3 is 12.2 Å². The molecule has 3 heterocycles. The molecule has 41 heavy (non-hydrogen) atoms. The normalized spacial score (nSPS) is 14.3. The number of Topliss-reactive ketones (excluding diaryl/α,β-unsaturated/α-hetero) is 1. The number of rotatable bonds is 6. The summed E-state index contributed by atoms with van der Waals surface area (Å²) in [6, 6.07) is 7.02. The maximum atomic E-state index is 15.3. The molecule has 0 saturated carbocycles. The molecule has 5 rings (SSSR count). The number of aromatic nitrogens is 3. The van der Waals surface area contributed by atoms with Gasteiger partial charge in [0.15, 0.2) is 11.6 Å². The molecule has 214 valence electrons. The highest BCUT2D eigenvalue weighted by Crippen LogP contribution is 2.37. The lowest BCUT2D eigenvalue weighted by atomic mass is 9.98. The van der Waals surface area contributed by atoms with Gasteiger partial charge in [-0.3, -0.25) is 9.69 Å². The predicted molar refractivity (Wildman–Crippen MR) is 143 cm³/mol. The van der Waals surface area contributed by atoms with Crippen molar-refractivity contribution in [2.24, 2.45) is 0 Å². The topological polar surface area (TPSA) is 127 Å². The van der Waals surface area contributed by atoms with Gasteiger partial charge in [-0.05, 0) is 42.8 Å². The number of benzene rings is 2. The van der Waals surface area contributed by atoms with Crippen LogP contribution in [0.25, 0.3) is 16.6 Å². The van der Waals surface area contributed by atoms with E-state index in [1.165, 1.54) is 36.0 Å². The first-order chi connectivity index (χ1) is 19.5. The molecular formula is C27H25F4N7O3. The van der Waals surface area contributed by atoms with Crippen LogP contribution in [0.5, 0.6) is 0 Å². The van der Waals surface area contributed by atoms with Crippen molar-refractivity contribution in [3.8, 4) is 11.1 Å². The molecule has 1 fully saturated rings. The Balaban J connectivity index is 1.47. The van der Waals surface area contributed by atoms with Crippen LogP contribution in [0.4, 0.5) is 39.5 Å². The molecule has 2 aromatic carbocycles. The summed E-state index contributed by atoms with van der Waals surface area (Å²) in [6.07, 6.45) is -3.32. The summed E-state index contributed by atoms with van der Waals surface area (Å²) in [5, 5.41) is 8.88. The van der Waals surface area contributed by atoms with Crippen LogP contribution in [0.15, 0.2) is 48.8 Å². The number of morpholine rings is 1. The van der Waals surface area contributed by atoms with E-state index in [1.54, 1.807) is 0 Å². The second-order valence-electron chi connectivity index (χ2n) is 9.40. The third kappa shape index (κ3) is 5.83. The number of nitrogens with zero attached hydrogens (tertiary/aromatic N) is 4. The number of fused-ring (bicyclic) bond motifs is 1. The maximum absolute atomic E-state index is 15.3. The number of hydrogen-bond donors (Lipinski definition) is 3. The number of ketones is 1. The van der Waals surface area contributed by atoms with E-state index < -0.39 is 23.6 Å². The summed E-state index contributed by atoms with van der Waals surface area (Å²) in [5.41, 5.74) is 6.77. The Labute approximate surface area is 231 Å². The predicted octanol–water partition coefficient (Wildman–Crippen LogP) is 4.82. The first-order valence-corrected chi connectivity index (χ1v) is 12.5. The highest BCUT2D eigenvalue weighted by Gasteiger charge is 2.31. The van der Waals surface area contributed by atoms with Crippen LogP contribution in [0, 0.1) is 5.82 Å². The van der Waals surface area contributed by atoms with Crippen molar-refractivity contribution in [1.82, 2.24) is 19.5 Å². The average Bonchev–Trinajstić information content (AvgIpc) is 3.25. The van der Waals surface area contributed by atoms with Crippen LogP contribution >= 0.6 is 0 Å². The lowest BCUT2D eigenvalue weighted by molar-refractivity contribution is -0.137. The molecule has 10 nitrogen and oxygen atoms in total. The van der Waals surface area contributed by atoms with E-state index in [9.17, 15) is 22.8 Å². The van der Waals surface area contributed by atoms with Crippen LogP contribution < -0.4 is 16.4 Å². The lowest BCUT2D eigenvalue weighted by Gasteiger charge is -2.26. The van der Waals surface area contributed by atoms with E-state index in [0.29, 0.717) is 60.7 Å². The second-order valence-corrected chi connectivity index (χ2v) is 9.40. The van der Waals surface area contributed by atoms with Crippen LogP contribution in [-0.2, 0) is 17.5 Å². The SMILES string of the molecule is CC(=O)c1c(-c2ccc(NC(=O)Nc3cccc(C(F)(F)F)c3)c(F)c2)c2c(N)ncnn2c1CN1CCOCC1. The van der Waals surface area contributed by atoms with Crippen LogP contribution in [0.1, 0.15) is 28.5 Å². The van der Waals surface area contributed by atoms with Crippen molar-refractivity contribution in [3.63, 3.8) is 0 Å². The third-order valence-electron chi connectivity index (χ3n) is 6.63. The number of anilines is 3. The van der Waals surface area contributed by atoms with Gasteiger partial charge in [0, 0.05) is 30.9 Å². The number of urea groups is 1. The zero-order chi connectivity index (χ0) is 29.3. The molecule has 0 aliphatic carbocycles. The minimum atomic E-state index is -4.59. The number of ether oxygens (including phenoxy) is 1. The quantitative estimate of drug-likeness (QED) is 0.224. The van der Waals surface area contributed by atoms with Crippen molar-refractivity contribution in [2.45, 2.75) is 19.6 Å². The lowest BCUT2D eigenvalue weighted by Crippen LogP contribution is -2.36. The average molecular weight is 572 g/mol. The number of hydrogen-bond acceptors (Lipinski definition) is 7. The number of nitrogens with two attached hydrogens (primary N) is 1.